The van der Waals surface area contributed by atoms with E-state index in [0.717, 1.165) is 11.4 Å². The van der Waals surface area contributed by atoms with Gasteiger partial charge in [-0.05, 0) is 44.2 Å². The smallest absolute Gasteiger partial charge is 0.264 e. The Bertz CT molecular complexity index is 1130. The SMILES string of the molecule is Cc1cc(OCC(=O)Nc2cccc(S(=O)(=O)N(C)c3ccccc3)c2)cc(C)n1. The maximum atomic E-state index is 12.9. The number of aryl methyl sites for hydroxylation is 2. The molecule has 1 amide bonds. The standard InChI is InChI=1S/C22H23N3O4S/c1-16-12-20(13-17(2)23-16)29-15-22(26)24-18-8-7-11-21(14-18)30(27,28)25(3)19-9-5-4-6-10-19/h4-14H,15H2,1-3H3,(H,24,26). The predicted molar refractivity (Wildman–Crippen MR) is 116 cm³/mol. The Morgan fingerprint density at radius 3 is 2.33 bits per heavy atom. The Morgan fingerprint density at radius 1 is 1.00 bits per heavy atom. The highest BCUT2D eigenvalue weighted by atomic mass is 32.2. The number of carbonyl (C=O) groups is 1. The molecule has 0 radical (unpaired) electrons. The van der Waals surface area contributed by atoms with Crippen LogP contribution >= 0.6 is 0 Å². The summed E-state index contributed by atoms with van der Waals surface area (Å²) in [5.41, 5.74) is 2.51. The Balaban J connectivity index is 1.69. The van der Waals surface area contributed by atoms with Crippen molar-refractivity contribution in [3.63, 3.8) is 0 Å². The van der Waals surface area contributed by atoms with Crippen molar-refractivity contribution in [2.24, 2.45) is 0 Å². The zero-order valence-electron chi connectivity index (χ0n) is 17.0. The lowest BCUT2D eigenvalue weighted by Crippen LogP contribution is -2.26. The number of amides is 1. The lowest BCUT2D eigenvalue weighted by molar-refractivity contribution is -0.118. The van der Waals surface area contributed by atoms with Crippen molar-refractivity contribution < 1.29 is 17.9 Å². The van der Waals surface area contributed by atoms with E-state index in [1.54, 1.807) is 48.5 Å². The number of rotatable bonds is 7. The molecule has 0 fully saturated rings. The molecule has 0 bridgehead atoms. The van der Waals surface area contributed by atoms with E-state index in [2.05, 4.69) is 10.3 Å². The number of sulfonamides is 1. The van der Waals surface area contributed by atoms with Gasteiger partial charge >= 0.3 is 0 Å². The lowest BCUT2D eigenvalue weighted by atomic mass is 10.3. The molecule has 0 saturated carbocycles. The molecule has 0 spiro atoms. The van der Waals surface area contributed by atoms with Crippen LogP contribution in [0.5, 0.6) is 5.75 Å². The second kappa shape index (κ2) is 8.96. The second-order valence-electron chi connectivity index (χ2n) is 6.76. The van der Waals surface area contributed by atoms with Crippen molar-refractivity contribution in [3.05, 3.63) is 78.1 Å². The van der Waals surface area contributed by atoms with Gasteiger partial charge in [-0.3, -0.25) is 14.1 Å². The number of carbonyl (C=O) groups excluding carboxylic acids is 1. The summed E-state index contributed by atoms with van der Waals surface area (Å²) >= 11 is 0. The Hall–Kier alpha value is -3.39. The molecule has 1 N–H and O–H groups in total. The molecule has 2 aromatic carbocycles. The van der Waals surface area contributed by atoms with Crippen LogP contribution in [0.25, 0.3) is 0 Å². The topological polar surface area (TPSA) is 88.6 Å². The first kappa shape index (κ1) is 21.3. The number of nitrogens with one attached hydrogen (secondary N) is 1. The van der Waals surface area contributed by atoms with E-state index >= 15 is 0 Å². The average Bonchev–Trinajstić information content (AvgIpc) is 2.72. The number of anilines is 2. The maximum absolute atomic E-state index is 12.9. The summed E-state index contributed by atoms with van der Waals surface area (Å²) in [6, 6.07) is 18.4. The molecule has 0 aliphatic heterocycles. The van der Waals surface area contributed by atoms with Gasteiger partial charge in [0.2, 0.25) is 0 Å². The minimum Gasteiger partial charge on any atom is -0.484 e. The van der Waals surface area contributed by atoms with Crippen LogP contribution in [0.1, 0.15) is 11.4 Å². The molecule has 3 rings (SSSR count). The van der Waals surface area contributed by atoms with Crippen LogP contribution in [-0.2, 0) is 14.8 Å². The van der Waals surface area contributed by atoms with Crippen LogP contribution in [0.3, 0.4) is 0 Å². The average molecular weight is 426 g/mol. The molecule has 1 aromatic heterocycles. The first-order chi connectivity index (χ1) is 14.3. The molecular formula is C22H23N3O4S. The van der Waals surface area contributed by atoms with Crippen molar-refractivity contribution in [2.75, 3.05) is 23.3 Å². The fourth-order valence-corrected chi connectivity index (χ4v) is 4.14. The van der Waals surface area contributed by atoms with Gasteiger partial charge in [0.15, 0.2) is 6.61 Å². The largest absolute Gasteiger partial charge is 0.484 e. The molecule has 0 aliphatic rings. The molecule has 3 aromatic rings. The number of pyridine rings is 1. The number of aromatic nitrogens is 1. The van der Waals surface area contributed by atoms with Gasteiger partial charge in [0.25, 0.3) is 15.9 Å². The fraction of sp³-hybridized carbons (Fsp3) is 0.182. The van der Waals surface area contributed by atoms with Crippen molar-refractivity contribution in [1.82, 2.24) is 4.98 Å². The molecular weight excluding hydrogens is 402 g/mol. The van der Waals surface area contributed by atoms with Gasteiger partial charge in [0.1, 0.15) is 5.75 Å². The van der Waals surface area contributed by atoms with Gasteiger partial charge in [0, 0.05) is 36.3 Å². The fourth-order valence-electron chi connectivity index (χ4n) is 2.89. The minimum absolute atomic E-state index is 0.0768. The summed E-state index contributed by atoms with van der Waals surface area (Å²) < 4.78 is 32.6. The quantitative estimate of drug-likeness (QED) is 0.625. The van der Waals surface area contributed by atoms with Gasteiger partial charge in [-0.1, -0.05) is 24.3 Å². The third kappa shape index (κ3) is 5.15. The van der Waals surface area contributed by atoms with E-state index in [1.165, 1.54) is 23.5 Å². The van der Waals surface area contributed by atoms with Crippen LogP contribution in [0, 0.1) is 13.8 Å². The van der Waals surface area contributed by atoms with Crippen LogP contribution in [-0.4, -0.2) is 33.0 Å². The highest BCUT2D eigenvalue weighted by Gasteiger charge is 2.21. The summed E-state index contributed by atoms with van der Waals surface area (Å²) in [5.74, 6) is 0.157. The van der Waals surface area contributed by atoms with E-state index in [0.29, 0.717) is 17.1 Å². The van der Waals surface area contributed by atoms with E-state index in [4.69, 9.17) is 4.74 Å². The molecule has 156 valence electrons. The van der Waals surface area contributed by atoms with E-state index in [9.17, 15) is 13.2 Å². The number of ether oxygens (including phenoxy) is 1. The van der Waals surface area contributed by atoms with Crippen LogP contribution in [0.4, 0.5) is 11.4 Å². The number of benzene rings is 2. The number of nitrogens with zero attached hydrogens (tertiary/aromatic N) is 2. The Morgan fingerprint density at radius 2 is 1.67 bits per heavy atom. The van der Waals surface area contributed by atoms with Crippen molar-refractivity contribution in [2.45, 2.75) is 18.7 Å². The van der Waals surface area contributed by atoms with E-state index in [-0.39, 0.29) is 11.5 Å². The maximum Gasteiger partial charge on any atom is 0.264 e. The molecule has 0 aliphatic carbocycles. The number of para-hydroxylation sites is 1. The summed E-state index contributed by atoms with van der Waals surface area (Å²) in [6.07, 6.45) is 0. The molecule has 8 heteroatoms. The summed E-state index contributed by atoms with van der Waals surface area (Å²) in [5, 5.41) is 2.67. The van der Waals surface area contributed by atoms with E-state index < -0.39 is 15.9 Å². The summed E-state index contributed by atoms with van der Waals surface area (Å²) in [4.78, 5) is 16.6. The van der Waals surface area contributed by atoms with Crippen LogP contribution < -0.4 is 14.4 Å². The minimum atomic E-state index is -3.77. The molecule has 0 atom stereocenters. The van der Waals surface area contributed by atoms with Gasteiger partial charge < -0.3 is 10.1 Å². The Labute approximate surface area is 176 Å². The van der Waals surface area contributed by atoms with Crippen molar-refractivity contribution in [1.29, 1.82) is 0 Å². The molecule has 0 saturated heterocycles. The summed E-state index contributed by atoms with van der Waals surface area (Å²) in [6.45, 7) is 3.49. The van der Waals surface area contributed by atoms with Gasteiger partial charge in [-0.2, -0.15) is 0 Å². The third-order valence-corrected chi connectivity index (χ3v) is 6.10. The predicted octanol–water partition coefficient (Wildman–Crippen LogP) is 3.54. The first-order valence-electron chi connectivity index (χ1n) is 9.28. The van der Waals surface area contributed by atoms with Crippen molar-refractivity contribution >= 4 is 27.3 Å². The number of hydrogen-bond donors (Lipinski definition) is 1. The molecule has 0 unspecified atom stereocenters. The zero-order valence-corrected chi connectivity index (χ0v) is 17.8. The monoisotopic (exact) mass is 425 g/mol. The summed E-state index contributed by atoms with van der Waals surface area (Å²) in [7, 11) is -2.28. The van der Waals surface area contributed by atoms with Crippen LogP contribution in [0.2, 0.25) is 0 Å². The lowest BCUT2D eigenvalue weighted by Gasteiger charge is -2.20. The highest BCUT2D eigenvalue weighted by molar-refractivity contribution is 7.92. The molecule has 30 heavy (non-hydrogen) atoms. The normalized spacial score (nSPS) is 11.0. The zero-order chi connectivity index (χ0) is 21.7. The van der Waals surface area contributed by atoms with Gasteiger partial charge in [0.05, 0.1) is 10.6 Å². The third-order valence-electron chi connectivity index (χ3n) is 4.32. The van der Waals surface area contributed by atoms with Gasteiger partial charge in [-0.25, -0.2) is 8.42 Å². The number of hydrogen-bond acceptors (Lipinski definition) is 5. The van der Waals surface area contributed by atoms with E-state index in [1.807, 2.05) is 19.9 Å². The highest BCUT2D eigenvalue weighted by Crippen LogP contribution is 2.23. The van der Waals surface area contributed by atoms with Crippen LogP contribution in [0.15, 0.2) is 71.6 Å². The molecule has 1 heterocycles. The second-order valence-corrected chi connectivity index (χ2v) is 8.73. The van der Waals surface area contributed by atoms with Crippen molar-refractivity contribution in [3.8, 4) is 5.75 Å². The van der Waals surface area contributed by atoms with Gasteiger partial charge in [-0.15, -0.1) is 0 Å². The Kier molecular flexibility index (Phi) is 6.37. The first-order valence-corrected chi connectivity index (χ1v) is 10.7. The molecule has 7 nitrogen and oxygen atoms in total.